The number of esters is 1. The SMILES string of the molecule is COC(=O)CCCN1C[C@H]2C[C@@H](C1)[C@H](CCC(C)C)n1c2cccc1=O.O=CO. The number of ether oxygens (including phenoxy) is 1. The molecule has 0 aromatic carbocycles. The van der Waals surface area contributed by atoms with Gasteiger partial charge in [0, 0.05) is 43.2 Å². The lowest BCUT2D eigenvalue weighted by molar-refractivity contribution is -0.140. The molecule has 2 aliphatic heterocycles. The number of carbonyl (C=O) groups is 2. The van der Waals surface area contributed by atoms with Crippen LogP contribution in [0.2, 0.25) is 0 Å². The van der Waals surface area contributed by atoms with Crippen LogP contribution >= 0.6 is 0 Å². The molecule has 0 amide bonds. The third-order valence-electron chi connectivity index (χ3n) is 6.00. The Morgan fingerprint density at radius 2 is 2.07 bits per heavy atom. The highest BCUT2D eigenvalue weighted by Gasteiger charge is 2.40. The summed E-state index contributed by atoms with van der Waals surface area (Å²) < 4.78 is 6.85. The van der Waals surface area contributed by atoms with Crippen LogP contribution < -0.4 is 5.56 Å². The van der Waals surface area contributed by atoms with Crippen molar-refractivity contribution in [3.05, 3.63) is 34.2 Å². The molecule has 2 aliphatic rings. The van der Waals surface area contributed by atoms with Gasteiger partial charge in [0.15, 0.2) is 0 Å². The van der Waals surface area contributed by atoms with Crippen LogP contribution in [0.15, 0.2) is 23.0 Å². The number of piperidine rings is 1. The standard InChI is InChI=1S/C21H32N2O3.CH2O2/c1-15(2)9-10-19-17-12-16(18-6-4-7-20(24)23(18)19)13-22(14-17)11-5-8-21(25)26-3;2-1-3/h4,6-7,15-17,19H,5,8-14H2,1-3H3;1H,(H,2,3)/t16-,17+,19+;/m1./s1. The Kier molecular flexibility index (Phi) is 8.89. The van der Waals surface area contributed by atoms with Crippen molar-refractivity contribution in [1.82, 2.24) is 9.47 Å². The molecule has 1 aromatic rings. The number of carboxylic acid groups (broad SMARTS) is 1. The number of fused-ring (bicyclic) bond motifs is 4. The molecule has 1 fully saturated rings. The molecule has 3 rings (SSSR count). The zero-order chi connectivity index (χ0) is 21.4. The van der Waals surface area contributed by atoms with E-state index in [9.17, 15) is 9.59 Å². The second-order valence-electron chi connectivity index (χ2n) is 8.43. The quantitative estimate of drug-likeness (QED) is 0.553. The van der Waals surface area contributed by atoms with Crippen molar-refractivity contribution in [2.24, 2.45) is 11.8 Å². The Morgan fingerprint density at radius 3 is 2.72 bits per heavy atom. The van der Waals surface area contributed by atoms with Crippen molar-refractivity contribution < 1.29 is 19.4 Å². The van der Waals surface area contributed by atoms with Gasteiger partial charge in [0.1, 0.15) is 0 Å². The highest BCUT2D eigenvalue weighted by molar-refractivity contribution is 5.69. The number of likely N-dealkylation sites (tertiary alicyclic amines) is 1. The number of methoxy groups -OCH3 is 1. The largest absolute Gasteiger partial charge is 0.483 e. The second-order valence-corrected chi connectivity index (χ2v) is 8.43. The minimum Gasteiger partial charge on any atom is -0.483 e. The average molecular weight is 407 g/mol. The lowest BCUT2D eigenvalue weighted by Gasteiger charge is -2.47. The van der Waals surface area contributed by atoms with Crippen LogP contribution in [0.1, 0.15) is 63.6 Å². The summed E-state index contributed by atoms with van der Waals surface area (Å²) in [6.45, 7) is 7.19. The van der Waals surface area contributed by atoms with Gasteiger partial charge in [-0.2, -0.15) is 0 Å². The predicted molar refractivity (Wildman–Crippen MR) is 111 cm³/mol. The fourth-order valence-electron chi connectivity index (χ4n) is 4.74. The minimum atomic E-state index is -0.250. The Labute approximate surface area is 172 Å². The van der Waals surface area contributed by atoms with Crippen LogP contribution in [0, 0.1) is 11.8 Å². The smallest absolute Gasteiger partial charge is 0.305 e. The lowest BCUT2D eigenvalue weighted by atomic mass is 9.76. The molecule has 2 bridgehead atoms. The van der Waals surface area contributed by atoms with Crippen molar-refractivity contribution in [3.8, 4) is 0 Å². The summed E-state index contributed by atoms with van der Waals surface area (Å²) in [4.78, 5) is 34.8. The molecule has 3 atom stereocenters. The maximum atomic E-state index is 12.6. The highest BCUT2D eigenvalue weighted by Crippen LogP contribution is 2.43. The van der Waals surface area contributed by atoms with Crippen molar-refractivity contribution in [2.45, 2.75) is 57.9 Å². The van der Waals surface area contributed by atoms with Gasteiger partial charge in [0.2, 0.25) is 0 Å². The number of rotatable bonds is 7. The monoisotopic (exact) mass is 406 g/mol. The average Bonchev–Trinajstić information content (AvgIpc) is 2.68. The topological polar surface area (TPSA) is 88.8 Å². The van der Waals surface area contributed by atoms with E-state index in [0.717, 1.165) is 38.9 Å². The van der Waals surface area contributed by atoms with E-state index in [4.69, 9.17) is 14.6 Å². The van der Waals surface area contributed by atoms with E-state index in [0.29, 0.717) is 30.2 Å². The van der Waals surface area contributed by atoms with Crippen LogP contribution in [-0.2, 0) is 14.3 Å². The van der Waals surface area contributed by atoms with Gasteiger partial charge < -0.3 is 19.3 Å². The van der Waals surface area contributed by atoms with Gasteiger partial charge in [0.25, 0.3) is 12.0 Å². The molecule has 1 N–H and O–H groups in total. The summed E-state index contributed by atoms with van der Waals surface area (Å²) in [5.41, 5.74) is 1.37. The van der Waals surface area contributed by atoms with Crippen molar-refractivity contribution in [1.29, 1.82) is 0 Å². The predicted octanol–water partition coefficient (Wildman–Crippen LogP) is 2.90. The molecule has 0 spiro atoms. The molecular formula is C22H34N2O5. The molecule has 0 aliphatic carbocycles. The van der Waals surface area contributed by atoms with Gasteiger partial charge in [-0.25, -0.2) is 0 Å². The van der Waals surface area contributed by atoms with E-state index in [1.807, 2.05) is 6.07 Å². The number of nitrogens with zero attached hydrogens (tertiary/aromatic N) is 2. The van der Waals surface area contributed by atoms with E-state index in [1.54, 1.807) is 6.07 Å². The summed E-state index contributed by atoms with van der Waals surface area (Å²) in [6.07, 6.45) is 4.72. The first-order valence-electron chi connectivity index (χ1n) is 10.5. The molecular weight excluding hydrogens is 372 g/mol. The summed E-state index contributed by atoms with van der Waals surface area (Å²) in [5, 5.41) is 6.89. The van der Waals surface area contributed by atoms with Gasteiger partial charge in [0.05, 0.1) is 7.11 Å². The molecule has 7 nitrogen and oxygen atoms in total. The van der Waals surface area contributed by atoms with Crippen LogP contribution in [-0.4, -0.2) is 53.8 Å². The molecule has 0 saturated carbocycles. The normalized spacial score (nSPS) is 23.0. The fraction of sp³-hybridized carbons (Fsp3) is 0.682. The second kappa shape index (κ2) is 11.1. The Bertz CT molecular complexity index is 730. The summed E-state index contributed by atoms with van der Waals surface area (Å²) in [7, 11) is 1.45. The minimum absolute atomic E-state index is 0.131. The Balaban J connectivity index is 0.000000941. The van der Waals surface area contributed by atoms with Crippen LogP contribution in [0.4, 0.5) is 0 Å². The van der Waals surface area contributed by atoms with E-state index >= 15 is 0 Å². The van der Waals surface area contributed by atoms with Gasteiger partial charge in [-0.05, 0) is 50.1 Å². The molecule has 0 unspecified atom stereocenters. The van der Waals surface area contributed by atoms with E-state index in [2.05, 4.69) is 29.4 Å². The number of carbonyl (C=O) groups excluding carboxylic acids is 1. The zero-order valence-corrected chi connectivity index (χ0v) is 17.8. The molecule has 1 aromatic heterocycles. The van der Waals surface area contributed by atoms with Gasteiger partial charge >= 0.3 is 5.97 Å². The van der Waals surface area contributed by atoms with Crippen LogP contribution in [0.3, 0.4) is 0 Å². The number of hydrogen-bond acceptors (Lipinski definition) is 5. The number of hydrogen-bond donors (Lipinski definition) is 1. The van der Waals surface area contributed by atoms with Gasteiger partial charge in [-0.15, -0.1) is 0 Å². The zero-order valence-electron chi connectivity index (χ0n) is 17.8. The molecule has 29 heavy (non-hydrogen) atoms. The lowest BCUT2D eigenvalue weighted by Crippen LogP contribution is -2.49. The van der Waals surface area contributed by atoms with Gasteiger partial charge in [-0.3, -0.25) is 14.4 Å². The number of pyridine rings is 1. The summed E-state index contributed by atoms with van der Waals surface area (Å²) in [6, 6.07) is 6.06. The van der Waals surface area contributed by atoms with Gasteiger partial charge in [-0.1, -0.05) is 19.9 Å². The third-order valence-corrected chi connectivity index (χ3v) is 6.00. The van der Waals surface area contributed by atoms with E-state index in [1.165, 1.54) is 19.2 Å². The maximum absolute atomic E-state index is 12.6. The first-order chi connectivity index (χ1) is 13.9. The summed E-state index contributed by atoms with van der Waals surface area (Å²) in [5.74, 6) is 1.47. The Hall–Kier alpha value is -2.15. The molecule has 0 radical (unpaired) electrons. The van der Waals surface area contributed by atoms with E-state index in [-0.39, 0.29) is 18.0 Å². The van der Waals surface area contributed by atoms with Crippen molar-refractivity contribution >= 4 is 12.4 Å². The third kappa shape index (κ3) is 6.16. The van der Waals surface area contributed by atoms with E-state index < -0.39 is 0 Å². The molecule has 162 valence electrons. The summed E-state index contributed by atoms with van der Waals surface area (Å²) >= 11 is 0. The Morgan fingerprint density at radius 1 is 1.34 bits per heavy atom. The van der Waals surface area contributed by atoms with Crippen molar-refractivity contribution in [2.75, 3.05) is 26.7 Å². The van der Waals surface area contributed by atoms with Crippen LogP contribution in [0.25, 0.3) is 0 Å². The van der Waals surface area contributed by atoms with Crippen LogP contribution in [0.5, 0.6) is 0 Å². The molecule has 3 heterocycles. The maximum Gasteiger partial charge on any atom is 0.305 e. The van der Waals surface area contributed by atoms with Crippen molar-refractivity contribution in [3.63, 3.8) is 0 Å². The first kappa shape index (κ1) is 23.1. The first-order valence-corrected chi connectivity index (χ1v) is 10.5. The number of aromatic nitrogens is 1. The fourth-order valence-corrected chi connectivity index (χ4v) is 4.74. The molecule has 7 heteroatoms. The highest BCUT2D eigenvalue weighted by atomic mass is 16.5. The molecule has 1 saturated heterocycles.